The van der Waals surface area contributed by atoms with Crippen LogP contribution in [-0.2, 0) is 49.4 Å². The van der Waals surface area contributed by atoms with Gasteiger partial charge in [-0.15, -0.1) is 0 Å². The van der Waals surface area contributed by atoms with Crippen molar-refractivity contribution >= 4 is 145 Å². The van der Waals surface area contributed by atoms with Gasteiger partial charge in [0.15, 0.2) is 49.9 Å². The largest absolute Gasteiger partial charge is 0.436 e. The number of benzene rings is 1. The zero-order valence-electron chi connectivity index (χ0n) is 65.6. The third-order valence-corrected chi connectivity index (χ3v) is 72.9. The molecule has 0 fully saturated rings. The van der Waals surface area contributed by atoms with Crippen LogP contribution in [0.3, 0.4) is 0 Å². The van der Waals surface area contributed by atoms with E-state index in [2.05, 4.69) is 233 Å². The number of unbranched alkanes of at least 4 members (excludes halogenated alkanes) is 3. The maximum absolute atomic E-state index is 14.1. The van der Waals surface area contributed by atoms with E-state index in [9.17, 15) is 14.4 Å². The molecule has 1 rings (SSSR count). The first kappa shape index (κ1) is 91.4. The average molecular weight is 1570 g/mol. The molecule has 0 atom stereocenters. The van der Waals surface area contributed by atoms with Crippen molar-refractivity contribution in [2.45, 2.75) is 311 Å². The molecule has 546 valence electrons. The van der Waals surface area contributed by atoms with Crippen molar-refractivity contribution in [3.8, 4) is 0 Å². The second-order valence-corrected chi connectivity index (χ2v) is 92.7. The Morgan fingerprint density at radius 1 is 0.247 bits per heavy atom. The van der Waals surface area contributed by atoms with E-state index in [-0.39, 0.29) is 34.4 Å². The first-order valence-electron chi connectivity index (χ1n) is 35.0. The SMILES string of the molecule is CCCC[Si](C)(C)O[Si](C)(C)O[Si](C)(C)O[Si](C)(C)O[Si](C)(C)CCCNC(=O)c1cc(C(=O)NCCC[Si](C)(C)O[Si](C)(C)O[Si](C)(C)O[Si](C)(C)O[Si](C)(C)CCCC)cc(C(=O)NCCC[Si](C)(C)O[Si](C)(C)O[Si](C)(C)O[Si](C)(C)O[Si](C)(C)CCCC)c1. The molecule has 0 saturated heterocycles. The van der Waals surface area contributed by atoms with Crippen LogP contribution in [0.5, 0.6) is 0 Å². The van der Waals surface area contributed by atoms with Gasteiger partial charge >= 0.3 is 77.0 Å². The summed E-state index contributed by atoms with van der Waals surface area (Å²) in [6.07, 6.45) is 8.98. The molecular formula is C60H141N3O15Si15. The van der Waals surface area contributed by atoms with Gasteiger partial charge < -0.3 is 65.3 Å². The highest BCUT2D eigenvalue weighted by molar-refractivity contribution is 6.93. The van der Waals surface area contributed by atoms with E-state index in [4.69, 9.17) is 49.4 Å². The quantitative estimate of drug-likeness (QED) is 0.0411. The lowest BCUT2D eigenvalue weighted by Crippen LogP contribution is -2.58. The summed E-state index contributed by atoms with van der Waals surface area (Å²) < 4.78 is 82.1. The molecule has 18 nitrogen and oxygen atoms in total. The summed E-state index contributed by atoms with van der Waals surface area (Å²) in [7, 11) is -35.7. The van der Waals surface area contributed by atoms with Gasteiger partial charge in [0, 0.05) is 36.3 Å². The number of carbonyl (C=O) groups excluding carboxylic acids is 3. The van der Waals surface area contributed by atoms with Crippen LogP contribution in [0.25, 0.3) is 0 Å². The average Bonchev–Trinajstić information content (AvgIpc) is 0.836. The Morgan fingerprint density at radius 3 is 0.538 bits per heavy atom. The molecule has 93 heavy (non-hydrogen) atoms. The second kappa shape index (κ2) is 37.0. The molecule has 0 aliphatic rings. The predicted octanol–water partition coefficient (Wildman–Crippen LogP) is 18.2. The van der Waals surface area contributed by atoms with Crippen LogP contribution in [0.2, 0.25) is 233 Å². The minimum absolute atomic E-state index is 0.232. The molecule has 0 aliphatic carbocycles. The van der Waals surface area contributed by atoms with Crippen molar-refractivity contribution in [1.82, 2.24) is 16.0 Å². The van der Waals surface area contributed by atoms with Crippen molar-refractivity contribution in [3.05, 3.63) is 34.9 Å². The molecule has 33 heteroatoms. The lowest BCUT2D eigenvalue weighted by atomic mass is 10.0. The van der Waals surface area contributed by atoms with Gasteiger partial charge in [-0.05, 0) is 270 Å². The smallest absolute Gasteiger partial charge is 0.314 e. The van der Waals surface area contributed by atoms with Gasteiger partial charge in [-0.25, -0.2) is 0 Å². The summed E-state index contributed by atoms with van der Waals surface area (Å²) in [6, 6.07) is 10.4. The van der Waals surface area contributed by atoms with Crippen LogP contribution in [0, 0.1) is 0 Å². The lowest BCUT2D eigenvalue weighted by Gasteiger charge is -2.42. The standard InChI is InChI=1S/C60H141N3O15Si15/c1-34-37-46-79(4,5)67-85(16,17)73-91(28,29)76-88(22,23)70-82(10,11)49-40-43-61-58(64)55-52-56(59(65)62-44-41-50-83(12,13)71-89(24,25)77-92(30,31)74-86(18,19)68-80(6,7)47-38-35-2)54-57(53-55)60(66)63-45-42-51-84(14,15)72-90(26,27)78-93(32,33)75-87(20,21)69-81(8,9)48-39-36-3/h52-54H,34-51H2,1-33H3,(H,61,64)(H,62,65)(H,63,66). The molecule has 0 unspecified atom stereocenters. The fourth-order valence-corrected chi connectivity index (χ4v) is 87.7. The number of nitrogens with one attached hydrogen (secondary N) is 3. The molecule has 0 aliphatic heterocycles. The van der Waals surface area contributed by atoms with Crippen molar-refractivity contribution in [2.24, 2.45) is 0 Å². The summed E-state index contributed by atoms with van der Waals surface area (Å²) in [5, 5.41) is 9.28. The monoisotopic (exact) mass is 1560 g/mol. The predicted molar refractivity (Wildman–Crippen MR) is 426 cm³/mol. The number of hydrogen-bond acceptors (Lipinski definition) is 15. The minimum atomic E-state index is -2.64. The first-order chi connectivity index (χ1) is 41.6. The van der Waals surface area contributed by atoms with E-state index in [1.54, 1.807) is 18.2 Å². The van der Waals surface area contributed by atoms with Crippen molar-refractivity contribution in [2.75, 3.05) is 19.6 Å². The molecule has 1 aromatic carbocycles. The Bertz CT molecular complexity index is 2210. The van der Waals surface area contributed by atoms with Gasteiger partial charge in [0.25, 0.3) is 17.7 Å². The summed E-state index contributed by atoms with van der Waals surface area (Å²) >= 11 is 0. The van der Waals surface area contributed by atoms with Gasteiger partial charge in [-0.2, -0.15) is 0 Å². The van der Waals surface area contributed by atoms with E-state index < -0.39 is 127 Å². The van der Waals surface area contributed by atoms with Gasteiger partial charge in [0.05, 0.1) is 0 Å². The summed E-state index contributed by atoms with van der Waals surface area (Å²) in [6.45, 7) is 72.8. The number of carbonyl (C=O) groups is 3. The maximum atomic E-state index is 14.1. The topological polar surface area (TPSA) is 198 Å². The molecule has 0 bridgehead atoms. The Balaban J connectivity index is 3.29. The van der Waals surface area contributed by atoms with Crippen LogP contribution >= 0.6 is 0 Å². The Hall–Kier alpha value is 0.403. The normalized spacial score (nSPS) is 14.4. The molecule has 3 amide bonds. The number of hydrogen-bond donors (Lipinski definition) is 3. The minimum Gasteiger partial charge on any atom is -0.436 e. The Labute approximate surface area is 585 Å². The lowest BCUT2D eigenvalue weighted by molar-refractivity contribution is 0.0953. The van der Waals surface area contributed by atoms with Crippen molar-refractivity contribution < 1.29 is 63.8 Å². The molecule has 1 aromatic rings. The summed E-state index contributed by atoms with van der Waals surface area (Å²) in [4.78, 5) is 42.4. The Morgan fingerprint density at radius 2 is 0.387 bits per heavy atom. The molecule has 0 aromatic heterocycles. The highest BCUT2D eigenvalue weighted by Gasteiger charge is 2.49. The third-order valence-electron chi connectivity index (χ3n) is 14.9. The zero-order chi connectivity index (χ0) is 72.4. The van der Waals surface area contributed by atoms with E-state index in [0.29, 0.717) is 38.9 Å². The van der Waals surface area contributed by atoms with Crippen LogP contribution in [0.4, 0.5) is 0 Å². The van der Waals surface area contributed by atoms with Crippen LogP contribution in [0.15, 0.2) is 18.2 Å². The highest BCUT2D eigenvalue weighted by Crippen LogP contribution is 2.33. The van der Waals surface area contributed by atoms with Gasteiger partial charge in [0.2, 0.25) is 0 Å². The van der Waals surface area contributed by atoms with Crippen molar-refractivity contribution in [3.63, 3.8) is 0 Å². The second-order valence-electron chi connectivity index (χ2n) is 33.6. The molecule has 0 radical (unpaired) electrons. The van der Waals surface area contributed by atoms with Crippen molar-refractivity contribution in [1.29, 1.82) is 0 Å². The molecule has 0 heterocycles. The van der Waals surface area contributed by atoms with Crippen LogP contribution < -0.4 is 16.0 Å². The molecule has 0 spiro atoms. The van der Waals surface area contributed by atoms with Gasteiger partial charge in [0.1, 0.15) is 0 Å². The Kier molecular flexibility index (Phi) is 36.4. The van der Waals surface area contributed by atoms with Crippen LogP contribution in [0.1, 0.15) is 110 Å². The first-order valence-corrected chi connectivity index (χ1v) is 79.1. The van der Waals surface area contributed by atoms with Gasteiger partial charge in [-0.1, -0.05) is 59.3 Å². The fourth-order valence-electron chi connectivity index (χ4n) is 13.3. The van der Waals surface area contributed by atoms with E-state index in [0.717, 1.165) is 74.8 Å². The molecular weight excluding hydrogens is 1420 g/mol. The van der Waals surface area contributed by atoms with E-state index in [1.807, 2.05) is 0 Å². The fraction of sp³-hybridized carbons (Fsp3) is 0.850. The van der Waals surface area contributed by atoms with Crippen LogP contribution in [-0.4, -0.2) is 164 Å². The highest BCUT2D eigenvalue weighted by atomic mass is 28.5. The van der Waals surface area contributed by atoms with E-state index in [1.165, 1.54) is 0 Å². The number of amides is 3. The molecule has 3 N–H and O–H groups in total. The van der Waals surface area contributed by atoms with Gasteiger partial charge in [-0.3, -0.25) is 14.4 Å². The maximum Gasteiger partial charge on any atom is 0.314 e. The molecule has 0 saturated carbocycles. The number of rotatable bonds is 48. The summed E-state index contributed by atoms with van der Waals surface area (Å²) in [5.74, 6) is -1.10. The third kappa shape index (κ3) is 41.2. The zero-order valence-corrected chi connectivity index (χ0v) is 80.6. The van der Waals surface area contributed by atoms with E-state index >= 15 is 0 Å². The summed E-state index contributed by atoms with van der Waals surface area (Å²) in [5.41, 5.74) is 0.696.